The fourth-order valence-electron chi connectivity index (χ4n) is 3.76. The van der Waals surface area contributed by atoms with Crippen LogP contribution in [-0.2, 0) is 0 Å². The first-order valence-electron chi connectivity index (χ1n) is 8.55. The van der Waals surface area contributed by atoms with E-state index in [2.05, 4.69) is 71.7 Å². The number of aromatic nitrogens is 2. The van der Waals surface area contributed by atoms with Gasteiger partial charge in [-0.1, -0.05) is 48.5 Å². The van der Waals surface area contributed by atoms with Gasteiger partial charge in [-0.05, 0) is 29.8 Å². The van der Waals surface area contributed by atoms with Crippen LogP contribution in [0, 0.1) is 0 Å². The Morgan fingerprint density at radius 2 is 1.30 bits per heavy atom. The maximum Gasteiger partial charge on any atom is 0.224 e. The zero-order valence-electron chi connectivity index (χ0n) is 13.9. The van der Waals surface area contributed by atoms with E-state index in [1.807, 2.05) is 11.3 Å². The largest absolute Gasteiger partial charge is 0.224 e. The second-order valence-corrected chi connectivity index (χ2v) is 8.85. The summed E-state index contributed by atoms with van der Waals surface area (Å²) in [7, 11) is 0. The number of rotatable bonds is 1. The van der Waals surface area contributed by atoms with E-state index in [0.29, 0.717) is 5.28 Å². The van der Waals surface area contributed by atoms with Crippen molar-refractivity contribution in [1.29, 1.82) is 0 Å². The van der Waals surface area contributed by atoms with Gasteiger partial charge in [0.1, 0.15) is 4.83 Å². The highest BCUT2D eigenvalue weighted by Crippen LogP contribution is 2.44. The zero-order valence-corrected chi connectivity index (χ0v) is 16.3. The average molecular weight is 403 g/mol. The number of halogens is 1. The van der Waals surface area contributed by atoms with Crippen molar-refractivity contribution in [2.24, 2.45) is 0 Å². The molecule has 0 atom stereocenters. The zero-order chi connectivity index (χ0) is 18.0. The molecule has 0 spiro atoms. The molecular formula is C22H11ClN2S2. The second kappa shape index (κ2) is 5.73. The van der Waals surface area contributed by atoms with Crippen LogP contribution >= 0.6 is 34.3 Å². The third-order valence-electron chi connectivity index (χ3n) is 4.87. The first-order chi connectivity index (χ1) is 13.3. The highest BCUT2D eigenvalue weighted by molar-refractivity contribution is 7.26. The molecule has 5 heteroatoms. The van der Waals surface area contributed by atoms with Crippen LogP contribution in [-0.4, -0.2) is 9.97 Å². The Hall–Kier alpha value is -2.53. The van der Waals surface area contributed by atoms with Gasteiger partial charge in [0.2, 0.25) is 5.28 Å². The molecule has 128 valence electrons. The van der Waals surface area contributed by atoms with E-state index in [-0.39, 0.29) is 0 Å². The molecule has 3 heterocycles. The molecule has 0 N–H and O–H groups in total. The van der Waals surface area contributed by atoms with Crippen molar-refractivity contribution in [3.05, 3.63) is 72.0 Å². The van der Waals surface area contributed by atoms with Crippen LogP contribution < -0.4 is 0 Å². The van der Waals surface area contributed by atoms with Gasteiger partial charge in [0.05, 0.1) is 5.69 Å². The highest BCUT2D eigenvalue weighted by Gasteiger charge is 2.18. The minimum Gasteiger partial charge on any atom is -0.217 e. The van der Waals surface area contributed by atoms with Gasteiger partial charge in [-0.2, -0.15) is 0 Å². The van der Waals surface area contributed by atoms with Gasteiger partial charge >= 0.3 is 0 Å². The van der Waals surface area contributed by atoms with E-state index in [4.69, 9.17) is 16.6 Å². The van der Waals surface area contributed by atoms with Gasteiger partial charge < -0.3 is 0 Å². The van der Waals surface area contributed by atoms with Crippen molar-refractivity contribution in [3.63, 3.8) is 0 Å². The predicted octanol–water partition coefficient (Wildman–Crippen LogP) is 7.53. The van der Waals surface area contributed by atoms with Crippen molar-refractivity contribution in [3.8, 4) is 11.3 Å². The van der Waals surface area contributed by atoms with Crippen LogP contribution in [0.2, 0.25) is 5.28 Å². The Morgan fingerprint density at radius 1 is 0.630 bits per heavy atom. The maximum absolute atomic E-state index is 6.33. The number of benzene rings is 3. The molecule has 0 radical (unpaired) electrons. The summed E-state index contributed by atoms with van der Waals surface area (Å²) < 4.78 is 3.75. The molecule has 6 rings (SSSR count). The molecule has 2 nitrogen and oxygen atoms in total. The summed E-state index contributed by atoms with van der Waals surface area (Å²) in [5, 5.41) is 5.06. The summed E-state index contributed by atoms with van der Waals surface area (Å²) in [4.78, 5) is 10.1. The smallest absolute Gasteiger partial charge is 0.217 e. The maximum atomic E-state index is 6.33. The highest BCUT2D eigenvalue weighted by atomic mass is 35.5. The topological polar surface area (TPSA) is 25.8 Å². The SMILES string of the molecule is Clc1nc(-c2cccc3sc4ccccc4c23)c2c(n1)sc1ccccc12. The molecule has 0 aliphatic carbocycles. The molecule has 0 saturated heterocycles. The lowest BCUT2D eigenvalue weighted by molar-refractivity contribution is 1.24. The number of hydrogen-bond donors (Lipinski definition) is 0. The minimum absolute atomic E-state index is 0.292. The number of hydrogen-bond acceptors (Lipinski definition) is 4. The van der Waals surface area contributed by atoms with Crippen molar-refractivity contribution < 1.29 is 0 Å². The second-order valence-electron chi connectivity index (χ2n) is 6.40. The molecule has 0 amide bonds. The third-order valence-corrected chi connectivity index (χ3v) is 7.24. The number of thiophene rings is 2. The van der Waals surface area contributed by atoms with E-state index in [0.717, 1.165) is 21.5 Å². The van der Waals surface area contributed by atoms with Crippen LogP contribution in [0.5, 0.6) is 0 Å². The molecule has 0 unspecified atom stereocenters. The average Bonchev–Trinajstić information content (AvgIpc) is 3.25. The van der Waals surface area contributed by atoms with Crippen molar-refractivity contribution in [2.45, 2.75) is 0 Å². The summed E-state index contributed by atoms with van der Waals surface area (Å²) in [5.41, 5.74) is 2.03. The molecular weight excluding hydrogens is 392 g/mol. The van der Waals surface area contributed by atoms with Crippen LogP contribution in [0.15, 0.2) is 66.7 Å². The van der Waals surface area contributed by atoms with Gasteiger partial charge in [0.25, 0.3) is 0 Å². The van der Waals surface area contributed by atoms with Gasteiger partial charge in [-0.25, -0.2) is 9.97 Å². The molecule has 0 aliphatic rings. The molecule has 0 aliphatic heterocycles. The van der Waals surface area contributed by atoms with Crippen LogP contribution in [0.3, 0.4) is 0 Å². The molecule has 3 aromatic carbocycles. The summed E-state index contributed by atoms with van der Waals surface area (Å²) in [6, 6.07) is 23.3. The Balaban J connectivity index is 1.83. The standard InChI is InChI=1S/C22H11ClN2S2/c23-22-24-20(19-13-7-2-4-10-16(13)27-21(19)25-22)14-8-5-11-17-18(14)12-6-1-3-9-15(12)26-17/h1-11H. The quantitative estimate of drug-likeness (QED) is 0.265. The first-order valence-corrected chi connectivity index (χ1v) is 10.6. The summed E-state index contributed by atoms with van der Waals surface area (Å²) in [6.07, 6.45) is 0. The Kier molecular flexibility index (Phi) is 3.29. The lowest BCUT2D eigenvalue weighted by atomic mass is 10.0. The van der Waals surface area contributed by atoms with Crippen LogP contribution in [0.4, 0.5) is 0 Å². The van der Waals surface area contributed by atoms with Gasteiger partial charge in [-0.3, -0.25) is 0 Å². The molecule has 0 saturated carbocycles. The third kappa shape index (κ3) is 2.24. The Bertz CT molecular complexity index is 1500. The van der Waals surface area contributed by atoms with E-state index >= 15 is 0 Å². The van der Waals surface area contributed by atoms with E-state index < -0.39 is 0 Å². The molecule has 3 aromatic heterocycles. The Morgan fingerprint density at radius 3 is 2.11 bits per heavy atom. The normalized spacial score (nSPS) is 11.9. The summed E-state index contributed by atoms with van der Waals surface area (Å²) in [6.45, 7) is 0. The summed E-state index contributed by atoms with van der Waals surface area (Å²) >= 11 is 9.81. The van der Waals surface area contributed by atoms with Crippen LogP contribution in [0.25, 0.3) is 51.7 Å². The Labute approximate surface area is 167 Å². The van der Waals surface area contributed by atoms with Gasteiger partial charge in [-0.15, -0.1) is 22.7 Å². The van der Waals surface area contributed by atoms with E-state index in [1.54, 1.807) is 11.3 Å². The monoisotopic (exact) mass is 402 g/mol. The molecule has 6 aromatic rings. The number of nitrogens with zero attached hydrogens (tertiary/aromatic N) is 2. The number of fused-ring (bicyclic) bond motifs is 6. The molecule has 27 heavy (non-hydrogen) atoms. The lowest BCUT2D eigenvalue weighted by Crippen LogP contribution is -1.89. The van der Waals surface area contributed by atoms with Gasteiger partial charge in [0, 0.05) is 41.2 Å². The minimum atomic E-state index is 0.292. The van der Waals surface area contributed by atoms with Crippen molar-refractivity contribution >= 4 is 74.7 Å². The van der Waals surface area contributed by atoms with Crippen LogP contribution in [0.1, 0.15) is 0 Å². The predicted molar refractivity (Wildman–Crippen MR) is 118 cm³/mol. The van der Waals surface area contributed by atoms with Crippen molar-refractivity contribution in [2.75, 3.05) is 0 Å². The van der Waals surface area contributed by atoms with E-state index in [9.17, 15) is 0 Å². The van der Waals surface area contributed by atoms with Gasteiger partial charge in [0.15, 0.2) is 0 Å². The lowest BCUT2D eigenvalue weighted by Gasteiger charge is -2.07. The fourth-order valence-corrected chi connectivity index (χ4v) is 6.19. The molecule has 0 fully saturated rings. The summed E-state index contributed by atoms with van der Waals surface area (Å²) in [5.74, 6) is 0. The first kappa shape index (κ1) is 15.5. The van der Waals surface area contributed by atoms with Crippen molar-refractivity contribution in [1.82, 2.24) is 9.97 Å². The van der Waals surface area contributed by atoms with E-state index in [1.165, 1.54) is 30.3 Å². The fraction of sp³-hybridized carbons (Fsp3) is 0. The molecule has 0 bridgehead atoms.